The Morgan fingerprint density at radius 2 is 1.58 bits per heavy atom. The Hall–Kier alpha value is -2.34. The van der Waals surface area contributed by atoms with Crippen molar-refractivity contribution >= 4 is 15.8 Å². The summed E-state index contributed by atoms with van der Waals surface area (Å²) in [6.45, 7) is 1.49. The summed E-state index contributed by atoms with van der Waals surface area (Å²) in [4.78, 5) is 4.23. The monoisotopic (exact) mass is 373 g/mol. The molecule has 26 heavy (non-hydrogen) atoms. The van der Waals surface area contributed by atoms with Crippen LogP contribution in [0.3, 0.4) is 0 Å². The van der Waals surface area contributed by atoms with Gasteiger partial charge in [-0.2, -0.15) is 0 Å². The Kier molecular flexibility index (Phi) is 7.66. The normalized spacial score (nSPS) is 12.0. The summed E-state index contributed by atoms with van der Waals surface area (Å²) in [5, 5.41) is 6.58. The van der Waals surface area contributed by atoms with Gasteiger partial charge in [-0.25, -0.2) is 8.42 Å². The first kappa shape index (κ1) is 20.0. The fourth-order valence-electron chi connectivity index (χ4n) is 2.61. The maximum Gasteiger partial charge on any atom is 0.191 e. The van der Waals surface area contributed by atoms with Crippen LogP contribution in [0.2, 0.25) is 0 Å². The predicted octanol–water partition coefficient (Wildman–Crippen LogP) is 2.53. The molecule has 0 bridgehead atoms. The maximum absolute atomic E-state index is 11.3. The third kappa shape index (κ3) is 7.70. The maximum atomic E-state index is 11.3. The minimum atomic E-state index is -3.00. The van der Waals surface area contributed by atoms with Gasteiger partial charge in [0.05, 0.1) is 5.75 Å². The van der Waals surface area contributed by atoms with E-state index in [9.17, 15) is 8.42 Å². The standard InChI is InChI=1S/C20H27N3O2S/c1-21-20(22-14-6-9-17-7-4-3-5-8-17)23-15-18-10-12-19(13-11-18)16-26(2,24)25/h3-5,7-8,10-13H,6,9,14-16H2,1-2H3,(H2,21,22,23). The second-order valence-corrected chi connectivity index (χ2v) is 8.47. The SMILES string of the molecule is CN=C(NCCCc1ccccc1)NCc1ccc(CS(C)(=O)=O)cc1. The number of hydrogen-bond donors (Lipinski definition) is 2. The van der Waals surface area contributed by atoms with Gasteiger partial charge >= 0.3 is 0 Å². The number of aliphatic imine (C=N–C) groups is 1. The fourth-order valence-corrected chi connectivity index (χ4v) is 3.40. The van der Waals surface area contributed by atoms with Crippen molar-refractivity contribution in [2.45, 2.75) is 25.1 Å². The Bertz CT molecular complexity index is 801. The van der Waals surface area contributed by atoms with E-state index in [0.717, 1.165) is 36.5 Å². The van der Waals surface area contributed by atoms with E-state index < -0.39 is 9.84 Å². The molecular weight excluding hydrogens is 346 g/mol. The molecule has 0 spiro atoms. The molecule has 2 rings (SSSR count). The molecule has 2 aromatic carbocycles. The number of nitrogens with zero attached hydrogens (tertiary/aromatic N) is 1. The van der Waals surface area contributed by atoms with E-state index in [-0.39, 0.29) is 5.75 Å². The molecule has 2 N–H and O–H groups in total. The molecule has 0 saturated carbocycles. The van der Waals surface area contributed by atoms with Gasteiger partial charge in [-0.15, -0.1) is 0 Å². The van der Waals surface area contributed by atoms with E-state index in [1.54, 1.807) is 7.05 Å². The third-order valence-electron chi connectivity index (χ3n) is 3.91. The molecule has 0 unspecified atom stereocenters. The fraction of sp³-hybridized carbons (Fsp3) is 0.350. The van der Waals surface area contributed by atoms with Crippen LogP contribution in [0, 0.1) is 0 Å². The van der Waals surface area contributed by atoms with Crippen molar-refractivity contribution < 1.29 is 8.42 Å². The summed E-state index contributed by atoms with van der Waals surface area (Å²) in [6.07, 6.45) is 3.31. The number of nitrogens with one attached hydrogen (secondary N) is 2. The Morgan fingerprint density at radius 1 is 0.923 bits per heavy atom. The molecule has 0 radical (unpaired) electrons. The molecule has 0 amide bonds. The minimum Gasteiger partial charge on any atom is -0.356 e. The first-order chi connectivity index (χ1) is 12.5. The third-order valence-corrected chi connectivity index (χ3v) is 4.77. The highest BCUT2D eigenvalue weighted by Gasteiger charge is 2.04. The zero-order chi connectivity index (χ0) is 18.8. The van der Waals surface area contributed by atoms with Gasteiger partial charge in [0.15, 0.2) is 15.8 Å². The summed E-state index contributed by atoms with van der Waals surface area (Å²) in [5.74, 6) is 0.837. The van der Waals surface area contributed by atoms with Crippen molar-refractivity contribution in [1.82, 2.24) is 10.6 Å². The van der Waals surface area contributed by atoms with Crippen molar-refractivity contribution in [2.75, 3.05) is 19.8 Å². The Labute approximate surface area is 156 Å². The van der Waals surface area contributed by atoms with Crippen molar-refractivity contribution in [3.8, 4) is 0 Å². The highest BCUT2D eigenvalue weighted by Crippen LogP contribution is 2.07. The summed E-state index contributed by atoms with van der Waals surface area (Å²) in [7, 11) is -1.25. The number of guanidine groups is 1. The highest BCUT2D eigenvalue weighted by atomic mass is 32.2. The van der Waals surface area contributed by atoms with Gasteiger partial charge in [0.1, 0.15) is 0 Å². The van der Waals surface area contributed by atoms with Crippen LogP contribution in [0.4, 0.5) is 0 Å². The highest BCUT2D eigenvalue weighted by molar-refractivity contribution is 7.89. The summed E-state index contributed by atoms with van der Waals surface area (Å²) in [5.41, 5.74) is 3.22. The largest absolute Gasteiger partial charge is 0.356 e. The lowest BCUT2D eigenvalue weighted by atomic mass is 10.1. The van der Waals surface area contributed by atoms with Crippen LogP contribution >= 0.6 is 0 Å². The Balaban J connectivity index is 1.72. The molecule has 0 saturated heterocycles. The van der Waals surface area contributed by atoms with Crippen molar-refractivity contribution in [3.05, 3.63) is 71.3 Å². The minimum absolute atomic E-state index is 0.0747. The van der Waals surface area contributed by atoms with E-state index in [4.69, 9.17) is 0 Å². The summed E-state index contributed by atoms with van der Waals surface area (Å²) >= 11 is 0. The molecule has 2 aromatic rings. The number of hydrogen-bond acceptors (Lipinski definition) is 3. The van der Waals surface area contributed by atoms with Crippen LogP contribution in [-0.2, 0) is 28.6 Å². The second-order valence-electron chi connectivity index (χ2n) is 6.33. The Morgan fingerprint density at radius 3 is 2.19 bits per heavy atom. The van der Waals surface area contributed by atoms with Crippen LogP contribution < -0.4 is 10.6 Å². The zero-order valence-corrected chi connectivity index (χ0v) is 16.2. The van der Waals surface area contributed by atoms with Crippen molar-refractivity contribution in [1.29, 1.82) is 0 Å². The molecule has 0 aliphatic heterocycles. The summed E-state index contributed by atoms with van der Waals surface area (Å²) in [6, 6.07) is 18.0. The number of aryl methyl sites for hydroxylation is 1. The molecule has 0 aliphatic carbocycles. The van der Waals surface area contributed by atoms with E-state index in [1.807, 2.05) is 30.3 Å². The molecular formula is C20H27N3O2S. The van der Waals surface area contributed by atoms with Gasteiger partial charge in [0.2, 0.25) is 0 Å². The van der Waals surface area contributed by atoms with Crippen LogP contribution in [0.1, 0.15) is 23.1 Å². The van der Waals surface area contributed by atoms with Gasteiger partial charge < -0.3 is 10.6 Å². The van der Waals surface area contributed by atoms with E-state index >= 15 is 0 Å². The quantitative estimate of drug-likeness (QED) is 0.424. The average Bonchev–Trinajstić information content (AvgIpc) is 2.62. The average molecular weight is 374 g/mol. The van der Waals surface area contributed by atoms with Crippen LogP contribution in [0.5, 0.6) is 0 Å². The lowest BCUT2D eigenvalue weighted by Crippen LogP contribution is -2.37. The second kappa shape index (κ2) is 9.97. The molecule has 5 nitrogen and oxygen atoms in total. The van der Waals surface area contributed by atoms with Gasteiger partial charge in [-0.05, 0) is 29.5 Å². The van der Waals surface area contributed by atoms with E-state index in [1.165, 1.54) is 11.8 Å². The van der Waals surface area contributed by atoms with Gasteiger partial charge in [0.25, 0.3) is 0 Å². The lowest BCUT2D eigenvalue weighted by Gasteiger charge is -2.12. The lowest BCUT2D eigenvalue weighted by molar-refractivity contribution is 0.601. The predicted molar refractivity (Wildman–Crippen MR) is 108 cm³/mol. The molecule has 140 valence electrons. The van der Waals surface area contributed by atoms with E-state index in [0.29, 0.717) is 6.54 Å². The molecule has 0 aliphatic rings. The molecule has 6 heteroatoms. The summed E-state index contributed by atoms with van der Waals surface area (Å²) < 4.78 is 22.6. The topological polar surface area (TPSA) is 70.6 Å². The van der Waals surface area contributed by atoms with Crippen molar-refractivity contribution in [3.63, 3.8) is 0 Å². The number of sulfone groups is 1. The number of benzene rings is 2. The smallest absolute Gasteiger partial charge is 0.191 e. The van der Waals surface area contributed by atoms with Gasteiger partial charge in [-0.3, -0.25) is 4.99 Å². The van der Waals surface area contributed by atoms with Crippen LogP contribution in [-0.4, -0.2) is 34.2 Å². The zero-order valence-electron chi connectivity index (χ0n) is 15.4. The van der Waals surface area contributed by atoms with Crippen LogP contribution in [0.15, 0.2) is 59.6 Å². The number of rotatable bonds is 8. The van der Waals surface area contributed by atoms with E-state index in [2.05, 4.69) is 39.9 Å². The first-order valence-electron chi connectivity index (χ1n) is 8.70. The molecule has 0 aromatic heterocycles. The molecule has 0 atom stereocenters. The van der Waals surface area contributed by atoms with Gasteiger partial charge in [-0.1, -0.05) is 54.6 Å². The first-order valence-corrected chi connectivity index (χ1v) is 10.8. The van der Waals surface area contributed by atoms with Crippen LogP contribution in [0.25, 0.3) is 0 Å². The van der Waals surface area contributed by atoms with Crippen molar-refractivity contribution in [2.24, 2.45) is 4.99 Å². The van der Waals surface area contributed by atoms with Gasteiger partial charge in [0, 0.05) is 26.4 Å². The molecule has 0 heterocycles. The molecule has 0 fully saturated rings.